The second kappa shape index (κ2) is 9.42. The van der Waals surface area contributed by atoms with Crippen molar-refractivity contribution in [1.29, 1.82) is 0 Å². The molecular weight excluding hydrogens is 238 g/mol. The minimum absolute atomic E-state index is 0.326. The number of carbonyl (C=O) groups excluding carboxylic acids is 1. The Hall–Kier alpha value is -1.51. The molecule has 1 N–H and O–H groups in total. The van der Waals surface area contributed by atoms with E-state index in [9.17, 15) is 4.79 Å². The summed E-state index contributed by atoms with van der Waals surface area (Å²) in [7, 11) is 0. The van der Waals surface area contributed by atoms with Gasteiger partial charge in [0, 0.05) is 6.54 Å². The summed E-state index contributed by atoms with van der Waals surface area (Å²) in [5.41, 5.74) is 1.01. The van der Waals surface area contributed by atoms with Gasteiger partial charge < -0.3 is 10.1 Å². The molecule has 1 aromatic rings. The minimum Gasteiger partial charge on any atom is -0.445 e. The predicted octanol–water partition coefficient (Wildman–Crippen LogP) is 4.13. The van der Waals surface area contributed by atoms with Gasteiger partial charge in [0.2, 0.25) is 0 Å². The molecule has 0 aromatic heterocycles. The number of ether oxygens (including phenoxy) is 1. The van der Waals surface area contributed by atoms with Gasteiger partial charge in [-0.05, 0) is 17.9 Å². The first-order valence-corrected chi connectivity index (χ1v) is 7.17. The molecule has 19 heavy (non-hydrogen) atoms. The van der Waals surface area contributed by atoms with Crippen LogP contribution in [0.5, 0.6) is 0 Å². The number of unbranched alkanes of at least 4 members (excludes halogenated alkanes) is 1. The Morgan fingerprint density at radius 3 is 2.68 bits per heavy atom. The quantitative estimate of drug-likeness (QED) is 0.716. The Morgan fingerprint density at radius 1 is 1.26 bits per heavy atom. The van der Waals surface area contributed by atoms with Gasteiger partial charge in [-0.25, -0.2) is 4.79 Å². The molecule has 3 heteroatoms. The van der Waals surface area contributed by atoms with E-state index in [2.05, 4.69) is 19.2 Å². The molecule has 0 saturated carbocycles. The van der Waals surface area contributed by atoms with Crippen molar-refractivity contribution in [3.63, 3.8) is 0 Å². The second-order valence-corrected chi connectivity index (χ2v) is 5.00. The predicted molar refractivity (Wildman–Crippen MR) is 77.9 cm³/mol. The first kappa shape index (κ1) is 15.5. The van der Waals surface area contributed by atoms with Crippen molar-refractivity contribution in [2.45, 2.75) is 46.1 Å². The van der Waals surface area contributed by atoms with Crippen molar-refractivity contribution in [2.75, 3.05) is 6.54 Å². The fraction of sp³-hybridized carbons (Fsp3) is 0.562. The van der Waals surface area contributed by atoms with Gasteiger partial charge in [0.05, 0.1) is 0 Å². The van der Waals surface area contributed by atoms with E-state index in [1.165, 1.54) is 12.8 Å². The number of amides is 1. The third-order valence-corrected chi connectivity index (χ3v) is 3.30. The summed E-state index contributed by atoms with van der Waals surface area (Å²) >= 11 is 0. The molecule has 0 aliphatic rings. The molecule has 3 nitrogen and oxygen atoms in total. The smallest absolute Gasteiger partial charge is 0.407 e. The van der Waals surface area contributed by atoms with Crippen LogP contribution in [-0.2, 0) is 11.3 Å². The molecule has 0 fully saturated rings. The van der Waals surface area contributed by atoms with E-state index < -0.39 is 0 Å². The van der Waals surface area contributed by atoms with Gasteiger partial charge in [-0.3, -0.25) is 0 Å². The summed E-state index contributed by atoms with van der Waals surface area (Å²) in [5, 5.41) is 2.78. The van der Waals surface area contributed by atoms with E-state index in [0.29, 0.717) is 13.2 Å². The molecule has 1 atom stereocenters. The molecule has 0 spiro atoms. The highest BCUT2D eigenvalue weighted by molar-refractivity contribution is 5.67. The van der Waals surface area contributed by atoms with Gasteiger partial charge in [-0.1, -0.05) is 63.4 Å². The van der Waals surface area contributed by atoms with Crippen LogP contribution in [0, 0.1) is 5.92 Å². The average Bonchev–Trinajstić information content (AvgIpc) is 2.45. The van der Waals surface area contributed by atoms with Crippen LogP contribution in [0.1, 0.15) is 45.1 Å². The maximum Gasteiger partial charge on any atom is 0.407 e. The molecule has 0 radical (unpaired) electrons. The van der Waals surface area contributed by atoms with E-state index in [-0.39, 0.29) is 6.09 Å². The highest BCUT2D eigenvalue weighted by atomic mass is 16.5. The zero-order valence-corrected chi connectivity index (χ0v) is 12.0. The highest BCUT2D eigenvalue weighted by Crippen LogP contribution is 2.10. The molecular formula is C16H25NO2. The fourth-order valence-electron chi connectivity index (χ4n) is 1.79. The van der Waals surface area contributed by atoms with Crippen LogP contribution in [0.4, 0.5) is 4.79 Å². The Balaban J connectivity index is 2.02. The van der Waals surface area contributed by atoms with Crippen LogP contribution in [0.2, 0.25) is 0 Å². The maximum atomic E-state index is 11.4. The zero-order valence-electron chi connectivity index (χ0n) is 12.0. The number of hydrogen-bond acceptors (Lipinski definition) is 2. The molecule has 1 unspecified atom stereocenters. The number of carbonyl (C=O) groups is 1. The van der Waals surface area contributed by atoms with E-state index >= 15 is 0 Å². The van der Waals surface area contributed by atoms with Gasteiger partial charge in [-0.15, -0.1) is 0 Å². The lowest BCUT2D eigenvalue weighted by atomic mass is 10.0. The Bertz CT molecular complexity index is 351. The van der Waals surface area contributed by atoms with Crippen molar-refractivity contribution in [3.8, 4) is 0 Å². The van der Waals surface area contributed by atoms with Crippen molar-refractivity contribution in [2.24, 2.45) is 5.92 Å². The van der Waals surface area contributed by atoms with Crippen LogP contribution < -0.4 is 5.32 Å². The lowest BCUT2D eigenvalue weighted by molar-refractivity contribution is 0.139. The Labute approximate surface area is 116 Å². The summed E-state index contributed by atoms with van der Waals surface area (Å²) in [6.07, 6.45) is 4.31. The molecule has 0 aliphatic heterocycles. The number of benzene rings is 1. The van der Waals surface area contributed by atoms with Gasteiger partial charge in [0.15, 0.2) is 0 Å². The van der Waals surface area contributed by atoms with E-state index in [0.717, 1.165) is 24.3 Å². The minimum atomic E-state index is -0.326. The first-order chi connectivity index (χ1) is 9.22. The van der Waals surface area contributed by atoms with E-state index in [4.69, 9.17) is 4.74 Å². The third kappa shape index (κ3) is 7.50. The zero-order chi connectivity index (χ0) is 13.9. The van der Waals surface area contributed by atoms with Crippen LogP contribution in [-0.4, -0.2) is 12.6 Å². The molecule has 1 amide bonds. The molecule has 106 valence electrons. The van der Waals surface area contributed by atoms with Crippen LogP contribution >= 0.6 is 0 Å². The summed E-state index contributed by atoms with van der Waals surface area (Å²) < 4.78 is 5.13. The normalized spacial score (nSPS) is 11.9. The summed E-state index contributed by atoms with van der Waals surface area (Å²) in [6.45, 7) is 5.51. The SMILES string of the molecule is CCC(C)CCCCNC(=O)OCc1ccccc1. The van der Waals surface area contributed by atoms with Crippen molar-refractivity contribution < 1.29 is 9.53 Å². The Kier molecular flexibility index (Phi) is 7.71. The van der Waals surface area contributed by atoms with Gasteiger partial charge in [-0.2, -0.15) is 0 Å². The fourth-order valence-corrected chi connectivity index (χ4v) is 1.79. The lowest BCUT2D eigenvalue weighted by Crippen LogP contribution is -2.25. The summed E-state index contributed by atoms with van der Waals surface area (Å²) in [4.78, 5) is 11.4. The van der Waals surface area contributed by atoms with Crippen molar-refractivity contribution in [3.05, 3.63) is 35.9 Å². The second-order valence-electron chi connectivity index (χ2n) is 5.00. The number of nitrogens with one attached hydrogen (secondary N) is 1. The maximum absolute atomic E-state index is 11.4. The van der Waals surface area contributed by atoms with Gasteiger partial charge >= 0.3 is 6.09 Å². The van der Waals surface area contributed by atoms with Gasteiger partial charge in [0.25, 0.3) is 0 Å². The Morgan fingerprint density at radius 2 is 2.00 bits per heavy atom. The monoisotopic (exact) mass is 263 g/mol. The van der Waals surface area contributed by atoms with Crippen LogP contribution in [0.3, 0.4) is 0 Å². The van der Waals surface area contributed by atoms with Crippen molar-refractivity contribution >= 4 is 6.09 Å². The molecule has 0 heterocycles. The van der Waals surface area contributed by atoms with Crippen LogP contribution in [0.25, 0.3) is 0 Å². The molecule has 0 saturated heterocycles. The molecule has 0 aliphatic carbocycles. The van der Waals surface area contributed by atoms with E-state index in [1.807, 2.05) is 30.3 Å². The largest absolute Gasteiger partial charge is 0.445 e. The molecule has 1 aromatic carbocycles. The first-order valence-electron chi connectivity index (χ1n) is 7.17. The van der Waals surface area contributed by atoms with Crippen molar-refractivity contribution in [1.82, 2.24) is 5.32 Å². The average molecular weight is 263 g/mol. The highest BCUT2D eigenvalue weighted by Gasteiger charge is 2.02. The molecule has 0 bridgehead atoms. The summed E-state index contributed by atoms with van der Waals surface area (Å²) in [6, 6.07) is 9.71. The molecule has 1 rings (SSSR count). The topological polar surface area (TPSA) is 38.3 Å². The lowest BCUT2D eigenvalue weighted by Gasteiger charge is -2.09. The van der Waals surface area contributed by atoms with E-state index in [1.54, 1.807) is 0 Å². The standard InChI is InChI=1S/C16H25NO2/c1-3-14(2)9-7-8-12-17-16(18)19-13-15-10-5-4-6-11-15/h4-6,10-11,14H,3,7-9,12-13H2,1-2H3,(H,17,18). The van der Waals surface area contributed by atoms with Gasteiger partial charge in [0.1, 0.15) is 6.61 Å². The third-order valence-electron chi connectivity index (χ3n) is 3.30. The number of rotatable bonds is 8. The summed E-state index contributed by atoms with van der Waals surface area (Å²) in [5.74, 6) is 0.782. The number of hydrogen-bond donors (Lipinski definition) is 1. The van der Waals surface area contributed by atoms with Crippen LogP contribution in [0.15, 0.2) is 30.3 Å². The number of alkyl carbamates (subject to hydrolysis) is 1.